The van der Waals surface area contributed by atoms with E-state index in [-0.39, 0.29) is 11.8 Å². The molecule has 0 aliphatic rings. The molecule has 0 saturated heterocycles. The monoisotopic (exact) mass is 298 g/mol. The van der Waals surface area contributed by atoms with Crippen molar-refractivity contribution in [2.24, 2.45) is 0 Å². The summed E-state index contributed by atoms with van der Waals surface area (Å²) >= 11 is 6.17. The zero-order valence-corrected chi connectivity index (χ0v) is 12.3. The highest BCUT2D eigenvalue weighted by Crippen LogP contribution is 2.29. The first-order chi connectivity index (χ1) is 10.1. The average molecular weight is 299 g/mol. The van der Waals surface area contributed by atoms with E-state index < -0.39 is 0 Å². The highest BCUT2D eigenvalue weighted by Gasteiger charge is 2.10. The van der Waals surface area contributed by atoms with Crippen molar-refractivity contribution in [3.63, 3.8) is 0 Å². The molecule has 21 heavy (non-hydrogen) atoms. The number of phenols is 1. The van der Waals surface area contributed by atoms with E-state index in [1.807, 2.05) is 43.3 Å². The van der Waals surface area contributed by atoms with Crippen LogP contribution >= 0.6 is 11.6 Å². The van der Waals surface area contributed by atoms with Gasteiger partial charge in [0.25, 0.3) is 0 Å². The van der Waals surface area contributed by atoms with Crippen LogP contribution in [0.4, 0.5) is 5.69 Å². The molecule has 0 aliphatic carbocycles. The number of benzene rings is 2. The van der Waals surface area contributed by atoms with E-state index in [1.165, 1.54) is 0 Å². The number of nitrogens with one attached hydrogen (secondary N) is 1. The van der Waals surface area contributed by atoms with Gasteiger partial charge in [0, 0.05) is 22.6 Å². The van der Waals surface area contributed by atoms with E-state index in [0.717, 1.165) is 22.2 Å². The molecule has 1 heterocycles. The van der Waals surface area contributed by atoms with Gasteiger partial charge in [-0.25, -0.2) is 0 Å². The van der Waals surface area contributed by atoms with Crippen molar-refractivity contribution >= 4 is 28.2 Å². The van der Waals surface area contributed by atoms with Crippen molar-refractivity contribution in [1.29, 1.82) is 0 Å². The Labute approximate surface area is 128 Å². The maximum atomic E-state index is 9.58. The fourth-order valence-electron chi connectivity index (χ4n) is 2.38. The minimum absolute atomic E-state index is 0.0285. The summed E-state index contributed by atoms with van der Waals surface area (Å²) in [5.41, 5.74) is 2.77. The molecule has 3 nitrogen and oxygen atoms in total. The summed E-state index contributed by atoms with van der Waals surface area (Å²) in [7, 11) is 0. The molecule has 1 aromatic heterocycles. The largest absolute Gasteiger partial charge is 0.508 e. The van der Waals surface area contributed by atoms with Crippen molar-refractivity contribution in [1.82, 2.24) is 4.98 Å². The normalized spacial score (nSPS) is 12.3. The molecule has 4 heteroatoms. The highest BCUT2D eigenvalue weighted by atomic mass is 35.5. The first-order valence-electron chi connectivity index (χ1n) is 6.73. The van der Waals surface area contributed by atoms with Gasteiger partial charge in [-0.05, 0) is 42.8 Å². The van der Waals surface area contributed by atoms with Crippen LogP contribution < -0.4 is 5.32 Å². The van der Waals surface area contributed by atoms with Gasteiger partial charge in [-0.3, -0.25) is 4.98 Å². The molecule has 2 aromatic carbocycles. The van der Waals surface area contributed by atoms with Crippen molar-refractivity contribution in [2.75, 3.05) is 5.32 Å². The topological polar surface area (TPSA) is 45.2 Å². The Morgan fingerprint density at radius 2 is 2.00 bits per heavy atom. The molecule has 3 rings (SSSR count). The fraction of sp³-hybridized carbons (Fsp3) is 0.118. The van der Waals surface area contributed by atoms with E-state index in [0.29, 0.717) is 5.02 Å². The lowest BCUT2D eigenvalue weighted by Crippen LogP contribution is -2.07. The van der Waals surface area contributed by atoms with E-state index >= 15 is 0 Å². The third kappa shape index (κ3) is 2.93. The van der Waals surface area contributed by atoms with E-state index in [2.05, 4.69) is 10.3 Å². The van der Waals surface area contributed by atoms with Crippen LogP contribution in [0.5, 0.6) is 5.75 Å². The van der Waals surface area contributed by atoms with Crippen LogP contribution in [0.25, 0.3) is 10.9 Å². The van der Waals surface area contributed by atoms with Crippen LogP contribution in [0.2, 0.25) is 5.02 Å². The summed E-state index contributed by atoms with van der Waals surface area (Å²) in [4.78, 5) is 4.42. The molecule has 0 amide bonds. The van der Waals surface area contributed by atoms with E-state index in [1.54, 1.807) is 18.3 Å². The third-order valence-corrected chi connectivity index (χ3v) is 3.63. The van der Waals surface area contributed by atoms with Crippen molar-refractivity contribution in [3.8, 4) is 5.75 Å². The summed E-state index contributed by atoms with van der Waals surface area (Å²) in [6, 6.07) is 14.9. The molecule has 1 atom stereocenters. The summed E-state index contributed by atoms with van der Waals surface area (Å²) in [6.45, 7) is 2.03. The van der Waals surface area contributed by atoms with Gasteiger partial charge in [0.2, 0.25) is 0 Å². The van der Waals surface area contributed by atoms with Gasteiger partial charge >= 0.3 is 0 Å². The number of nitrogens with zero attached hydrogens (tertiary/aromatic N) is 1. The number of aromatic hydroxyl groups is 1. The minimum Gasteiger partial charge on any atom is -0.508 e. The van der Waals surface area contributed by atoms with Crippen LogP contribution in [0.15, 0.2) is 54.7 Å². The van der Waals surface area contributed by atoms with Crippen molar-refractivity contribution < 1.29 is 5.11 Å². The lowest BCUT2D eigenvalue weighted by atomic mass is 10.1. The van der Waals surface area contributed by atoms with Crippen LogP contribution in [0.1, 0.15) is 18.5 Å². The Bertz CT molecular complexity index is 789. The van der Waals surface area contributed by atoms with Crippen molar-refractivity contribution in [2.45, 2.75) is 13.0 Å². The lowest BCUT2D eigenvalue weighted by Gasteiger charge is -2.17. The number of anilines is 1. The predicted octanol–water partition coefficient (Wildman–Crippen LogP) is 4.77. The summed E-state index contributed by atoms with van der Waals surface area (Å²) < 4.78 is 0. The number of rotatable bonds is 3. The number of hydrogen-bond donors (Lipinski definition) is 2. The third-order valence-electron chi connectivity index (χ3n) is 3.41. The summed E-state index contributed by atoms with van der Waals surface area (Å²) in [5, 5.41) is 14.7. The molecule has 0 radical (unpaired) electrons. The molecule has 0 saturated carbocycles. The van der Waals surface area contributed by atoms with Gasteiger partial charge in [0.05, 0.1) is 11.2 Å². The van der Waals surface area contributed by atoms with E-state index in [4.69, 9.17) is 11.6 Å². The van der Waals surface area contributed by atoms with Crippen LogP contribution in [0.3, 0.4) is 0 Å². The molecule has 2 N–H and O–H groups in total. The molecular formula is C17H15ClN2O. The Morgan fingerprint density at radius 1 is 1.14 bits per heavy atom. The predicted molar refractivity (Wildman–Crippen MR) is 86.9 cm³/mol. The van der Waals surface area contributed by atoms with E-state index in [9.17, 15) is 5.11 Å². The molecule has 106 valence electrons. The van der Waals surface area contributed by atoms with Gasteiger partial charge in [0.15, 0.2) is 0 Å². The second-order valence-electron chi connectivity index (χ2n) is 4.99. The SMILES string of the molecule is CC(Nc1cc(Cl)cc2cccnc12)c1cccc(O)c1. The van der Waals surface area contributed by atoms with Crippen molar-refractivity contribution in [3.05, 3.63) is 65.3 Å². The number of fused-ring (bicyclic) bond motifs is 1. The molecule has 3 aromatic rings. The number of halogens is 1. The first-order valence-corrected chi connectivity index (χ1v) is 7.11. The number of hydrogen-bond acceptors (Lipinski definition) is 3. The van der Waals surface area contributed by atoms with Gasteiger partial charge in [-0.1, -0.05) is 29.8 Å². The van der Waals surface area contributed by atoms with Crippen LogP contribution in [-0.2, 0) is 0 Å². The smallest absolute Gasteiger partial charge is 0.115 e. The summed E-state index contributed by atoms with van der Waals surface area (Å²) in [6.07, 6.45) is 1.76. The molecular weight excluding hydrogens is 284 g/mol. The van der Waals surface area contributed by atoms with Crippen LogP contribution in [0, 0.1) is 0 Å². The molecule has 0 aliphatic heterocycles. The Morgan fingerprint density at radius 3 is 2.81 bits per heavy atom. The molecule has 1 unspecified atom stereocenters. The Kier molecular flexibility index (Phi) is 3.67. The molecule has 0 bridgehead atoms. The second-order valence-corrected chi connectivity index (χ2v) is 5.43. The maximum absolute atomic E-state index is 9.58. The Hall–Kier alpha value is -2.26. The number of pyridine rings is 1. The Balaban J connectivity index is 1.98. The van der Waals surface area contributed by atoms with Crippen LogP contribution in [-0.4, -0.2) is 10.1 Å². The summed E-state index contributed by atoms with van der Waals surface area (Å²) in [5.74, 6) is 0.259. The van der Waals surface area contributed by atoms with Gasteiger partial charge < -0.3 is 10.4 Å². The average Bonchev–Trinajstić information content (AvgIpc) is 2.47. The minimum atomic E-state index is 0.0285. The standard InChI is InChI=1S/C17H15ClN2O/c1-11(12-4-2-6-15(21)9-12)20-16-10-14(18)8-13-5-3-7-19-17(13)16/h2-11,20-21H,1H3. The highest BCUT2D eigenvalue weighted by molar-refractivity contribution is 6.31. The second kappa shape index (κ2) is 5.62. The molecule has 0 spiro atoms. The lowest BCUT2D eigenvalue weighted by molar-refractivity contribution is 0.474. The first kappa shape index (κ1) is 13.7. The zero-order chi connectivity index (χ0) is 14.8. The number of phenolic OH excluding ortho intramolecular Hbond substituents is 1. The molecule has 0 fully saturated rings. The van der Waals surface area contributed by atoms with Gasteiger partial charge in [-0.2, -0.15) is 0 Å². The zero-order valence-electron chi connectivity index (χ0n) is 11.5. The maximum Gasteiger partial charge on any atom is 0.115 e. The quantitative estimate of drug-likeness (QED) is 0.732. The number of aromatic nitrogens is 1. The van der Waals surface area contributed by atoms with Gasteiger partial charge in [0.1, 0.15) is 5.75 Å². The van der Waals surface area contributed by atoms with Gasteiger partial charge in [-0.15, -0.1) is 0 Å². The fourth-order valence-corrected chi connectivity index (χ4v) is 2.60.